The van der Waals surface area contributed by atoms with E-state index in [0.29, 0.717) is 11.0 Å². The van der Waals surface area contributed by atoms with Crippen LogP contribution in [0.5, 0.6) is 0 Å². The largest absolute Gasteiger partial charge is 0.329 e. The van der Waals surface area contributed by atoms with Crippen molar-refractivity contribution in [3.05, 3.63) is 0 Å². The molecular formula is C16H28N2. The van der Waals surface area contributed by atoms with Crippen LogP contribution in [0.4, 0.5) is 0 Å². The minimum Gasteiger partial charge on any atom is -0.329 e. The summed E-state index contributed by atoms with van der Waals surface area (Å²) in [4.78, 5) is 2.65. The third kappa shape index (κ3) is 1.42. The smallest absolute Gasteiger partial charge is 0.0264 e. The minimum absolute atomic E-state index is 0.572. The monoisotopic (exact) mass is 248 g/mol. The summed E-state index contributed by atoms with van der Waals surface area (Å²) in [7, 11) is 2.35. The molecule has 0 heterocycles. The van der Waals surface area contributed by atoms with E-state index in [9.17, 15) is 0 Å². The van der Waals surface area contributed by atoms with Gasteiger partial charge in [0, 0.05) is 18.6 Å². The maximum atomic E-state index is 5.80. The van der Waals surface area contributed by atoms with E-state index in [0.717, 1.165) is 30.8 Å². The van der Waals surface area contributed by atoms with Crippen LogP contribution in [-0.2, 0) is 0 Å². The summed E-state index contributed by atoms with van der Waals surface area (Å²) in [6.07, 6.45) is 12.3. The fourth-order valence-electron chi connectivity index (χ4n) is 6.52. The molecule has 102 valence electrons. The minimum atomic E-state index is 0.572. The lowest BCUT2D eigenvalue weighted by Gasteiger charge is -2.61. The Morgan fingerprint density at radius 1 is 1.00 bits per heavy atom. The van der Waals surface area contributed by atoms with E-state index in [-0.39, 0.29) is 0 Å². The molecule has 0 saturated heterocycles. The van der Waals surface area contributed by atoms with Crippen LogP contribution in [0.2, 0.25) is 0 Å². The van der Waals surface area contributed by atoms with Gasteiger partial charge < -0.3 is 5.73 Å². The van der Waals surface area contributed by atoms with Gasteiger partial charge in [0.2, 0.25) is 0 Å². The van der Waals surface area contributed by atoms with Gasteiger partial charge in [-0.1, -0.05) is 0 Å². The van der Waals surface area contributed by atoms with Gasteiger partial charge in [0.1, 0.15) is 0 Å². The Morgan fingerprint density at radius 2 is 1.50 bits per heavy atom. The van der Waals surface area contributed by atoms with E-state index in [1.807, 2.05) is 0 Å². The molecule has 0 radical (unpaired) electrons. The molecule has 0 spiro atoms. The summed E-state index contributed by atoms with van der Waals surface area (Å²) in [6.45, 7) is 1.92. The molecule has 0 amide bonds. The van der Waals surface area contributed by atoms with Crippen LogP contribution in [0.25, 0.3) is 0 Å². The molecule has 5 aliphatic carbocycles. The van der Waals surface area contributed by atoms with E-state index in [2.05, 4.69) is 11.9 Å². The molecule has 0 aromatic carbocycles. The van der Waals surface area contributed by atoms with Crippen molar-refractivity contribution in [1.29, 1.82) is 0 Å². The van der Waals surface area contributed by atoms with Crippen LogP contribution in [0.3, 0.4) is 0 Å². The molecule has 0 unspecified atom stereocenters. The Labute approximate surface area is 111 Å². The lowest BCUT2D eigenvalue weighted by atomic mass is 9.46. The molecule has 5 aliphatic rings. The average molecular weight is 248 g/mol. The van der Waals surface area contributed by atoms with Gasteiger partial charge in [-0.2, -0.15) is 0 Å². The normalized spacial score (nSPS) is 47.8. The third-order valence-electron chi connectivity index (χ3n) is 6.94. The Bertz CT molecular complexity index is 310. The maximum Gasteiger partial charge on any atom is 0.0264 e. The van der Waals surface area contributed by atoms with E-state index in [1.54, 1.807) is 38.5 Å². The second-order valence-electron chi connectivity index (χ2n) is 7.94. The number of nitrogens with zero attached hydrogens (tertiary/aromatic N) is 1. The third-order valence-corrected chi connectivity index (χ3v) is 6.94. The Kier molecular flexibility index (Phi) is 2.43. The molecular weight excluding hydrogens is 220 g/mol. The number of hydrogen-bond acceptors (Lipinski definition) is 2. The average Bonchev–Trinajstić information content (AvgIpc) is 3.08. The van der Waals surface area contributed by atoms with Crippen LogP contribution in [0, 0.1) is 23.2 Å². The Balaban J connectivity index is 1.63. The molecule has 4 bridgehead atoms. The fourth-order valence-corrected chi connectivity index (χ4v) is 6.52. The van der Waals surface area contributed by atoms with Gasteiger partial charge in [-0.3, -0.25) is 4.90 Å². The topological polar surface area (TPSA) is 29.3 Å². The highest BCUT2D eigenvalue weighted by atomic mass is 15.2. The molecule has 0 aliphatic heterocycles. The van der Waals surface area contributed by atoms with Crippen molar-refractivity contribution in [3.63, 3.8) is 0 Å². The summed E-state index contributed by atoms with van der Waals surface area (Å²) in [5, 5.41) is 0. The SMILES string of the molecule is CN(CCN)C1(C23CC4CC(CC(C4)C2)C3)CC1. The first-order chi connectivity index (χ1) is 8.67. The second kappa shape index (κ2) is 3.73. The van der Waals surface area contributed by atoms with Gasteiger partial charge >= 0.3 is 0 Å². The van der Waals surface area contributed by atoms with Crippen molar-refractivity contribution in [3.8, 4) is 0 Å². The van der Waals surface area contributed by atoms with Crippen molar-refractivity contribution >= 4 is 0 Å². The van der Waals surface area contributed by atoms with Crippen molar-refractivity contribution in [2.75, 3.05) is 20.1 Å². The van der Waals surface area contributed by atoms with Crippen molar-refractivity contribution in [2.24, 2.45) is 28.9 Å². The standard InChI is InChI=1S/C16H28N2/c1-18(5-4-17)16(2-3-16)15-9-12-6-13(10-15)8-14(7-12)11-15/h12-14H,2-11,17H2,1H3. The Hall–Kier alpha value is -0.0800. The number of likely N-dealkylation sites (N-methyl/N-ethyl adjacent to an activating group) is 1. The number of hydrogen-bond donors (Lipinski definition) is 1. The van der Waals surface area contributed by atoms with Gasteiger partial charge in [-0.25, -0.2) is 0 Å². The van der Waals surface area contributed by atoms with Gasteiger partial charge in [0.15, 0.2) is 0 Å². The lowest BCUT2D eigenvalue weighted by molar-refractivity contribution is -0.107. The molecule has 2 nitrogen and oxygen atoms in total. The summed E-state index contributed by atoms with van der Waals surface area (Å²) in [6, 6.07) is 0. The lowest BCUT2D eigenvalue weighted by Crippen LogP contribution is -2.58. The molecule has 2 N–H and O–H groups in total. The molecule has 0 aromatic rings. The van der Waals surface area contributed by atoms with E-state index in [4.69, 9.17) is 5.73 Å². The highest BCUT2D eigenvalue weighted by molar-refractivity contribution is 5.20. The molecule has 0 aromatic heterocycles. The van der Waals surface area contributed by atoms with Crippen LogP contribution >= 0.6 is 0 Å². The highest BCUT2D eigenvalue weighted by Crippen LogP contribution is 2.70. The molecule has 5 saturated carbocycles. The zero-order valence-electron chi connectivity index (χ0n) is 11.8. The Morgan fingerprint density at radius 3 is 1.89 bits per heavy atom. The zero-order chi connectivity index (χ0) is 12.4. The molecule has 2 heteroatoms. The van der Waals surface area contributed by atoms with Crippen molar-refractivity contribution < 1.29 is 0 Å². The molecule has 5 rings (SSSR count). The predicted octanol–water partition coefficient (Wildman–Crippen LogP) is 2.63. The second-order valence-corrected chi connectivity index (χ2v) is 7.94. The van der Waals surface area contributed by atoms with Gasteiger partial charge in [0.05, 0.1) is 0 Å². The number of rotatable bonds is 4. The van der Waals surface area contributed by atoms with Crippen LogP contribution in [0.1, 0.15) is 51.4 Å². The maximum absolute atomic E-state index is 5.80. The predicted molar refractivity (Wildman–Crippen MR) is 74.3 cm³/mol. The summed E-state index contributed by atoms with van der Waals surface area (Å²) in [5.74, 6) is 3.25. The van der Waals surface area contributed by atoms with Crippen molar-refractivity contribution in [1.82, 2.24) is 4.90 Å². The van der Waals surface area contributed by atoms with Gasteiger partial charge in [-0.15, -0.1) is 0 Å². The van der Waals surface area contributed by atoms with Crippen LogP contribution in [0.15, 0.2) is 0 Å². The zero-order valence-corrected chi connectivity index (χ0v) is 11.8. The first kappa shape index (κ1) is 11.7. The van der Waals surface area contributed by atoms with E-state index in [1.165, 1.54) is 12.8 Å². The molecule has 18 heavy (non-hydrogen) atoms. The van der Waals surface area contributed by atoms with E-state index >= 15 is 0 Å². The summed E-state index contributed by atoms with van der Waals surface area (Å²) in [5.41, 5.74) is 7.08. The number of nitrogens with two attached hydrogens (primary N) is 1. The quantitative estimate of drug-likeness (QED) is 0.828. The van der Waals surface area contributed by atoms with Crippen LogP contribution in [-0.4, -0.2) is 30.6 Å². The first-order valence-electron chi connectivity index (χ1n) is 8.09. The van der Waals surface area contributed by atoms with Gasteiger partial charge in [0.25, 0.3) is 0 Å². The van der Waals surface area contributed by atoms with Gasteiger partial charge in [-0.05, 0) is 81.6 Å². The first-order valence-corrected chi connectivity index (χ1v) is 8.09. The van der Waals surface area contributed by atoms with Crippen molar-refractivity contribution in [2.45, 2.75) is 56.9 Å². The van der Waals surface area contributed by atoms with E-state index < -0.39 is 0 Å². The van der Waals surface area contributed by atoms with Crippen LogP contribution < -0.4 is 5.73 Å². The fraction of sp³-hybridized carbons (Fsp3) is 1.00. The summed E-state index contributed by atoms with van der Waals surface area (Å²) < 4.78 is 0. The highest BCUT2D eigenvalue weighted by Gasteiger charge is 2.66. The molecule has 0 atom stereocenters. The molecule has 5 fully saturated rings. The summed E-state index contributed by atoms with van der Waals surface area (Å²) >= 11 is 0.